The topological polar surface area (TPSA) is 71.8 Å². The van der Waals surface area contributed by atoms with Gasteiger partial charge >= 0.3 is 0 Å². The van der Waals surface area contributed by atoms with E-state index in [4.69, 9.17) is 9.15 Å². The third-order valence-electron chi connectivity index (χ3n) is 3.63. The van der Waals surface area contributed by atoms with Gasteiger partial charge in [-0.1, -0.05) is 0 Å². The van der Waals surface area contributed by atoms with E-state index in [1.165, 1.54) is 0 Å². The number of nitrogens with zero attached hydrogens (tertiary/aromatic N) is 1. The van der Waals surface area contributed by atoms with Crippen LogP contribution in [-0.4, -0.2) is 50.1 Å². The molecule has 1 unspecified atom stereocenters. The molecule has 1 saturated heterocycles. The highest BCUT2D eigenvalue weighted by atomic mass is 16.5. The number of methoxy groups -OCH3 is 1. The fourth-order valence-electron chi connectivity index (χ4n) is 2.44. The highest BCUT2D eigenvalue weighted by Gasteiger charge is 2.33. The number of carbonyl (C=O) groups excluding carboxylic acids is 2. The lowest BCUT2D eigenvalue weighted by Crippen LogP contribution is -2.34. The molecule has 2 heterocycles. The van der Waals surface area contributed by atoms with Crippen molar-refractivity contribution in [3.63, 3.8) is 0 Å². The Labute approximate surface area is 124 Å². The molecule has 1 N–H and O–H groups in total. The number of likely N-dealkylation sites (tertiary alicyclic amines) is 1. The first-order valence-corrected chi connectivity index (χ1v) is 7.27. The Morgan fingerprint density at radius 1 is 1.57 bits per heavy atom. The lowest BCUT2D eigenvalue weighted by atomic mass is 10.1. The summed E-state index contributed by atoms with van der Waals surface area (Å²) in [5.41, 5.74) is 0. The zero-order valence-corrected chi connectivity index (χ0v) is 12.3. The van der Waals surface area contributed by atoms with Crippen LogP contribution in [0.25, 0.3) is 0 Å². The molecule has 1 fully saturated rings. The van der Waals surface area contributed by atoms with Gasteiger partial charge in [0.2, 0.25) is 11.8 Å². The summed E-state index contributed by atoms with van der Waals surface area (Å²) in [6, 6.07) is 3.78. The van der Waals surface area contributed by atoms with E-state index in [0.717, 1.165) is 18.6 Å². The fourth-order valence-corrected chi connectivity index (χ4v) is 2.44. The van der Waals surface area contributed by atoms with Crippen molar-refractivity contribution in [1.82, 2.24) is 10.2 Å². The van der Waals surface area contributed by atoms with E-state index in [2.05, 4.69) is 5.32 Å². The molecule has 0 radical (unpaired) electrons. The Morgan fingerprint density at radius 2 is 2.43 bits per heavy atom. The molecule has 0 bridgehead atoms. The average Bonchev–Trinajstić information content (AvgIpc) is 3.11. The molecule has 1 aliphatic rings. The van der Waals surface area contributed by atoms with E-state index in [1.807, 2.05) is 12.1 Å². The second-order valence-electron chi connectivity index (χ2n) is 5.21. The predicted octanol–water partition coefficient (Wildman–Crippen LogP) is 0.823. The number of aryl methyl sites for hydroxylation is 1. The first kappa shape index (κ1) is 15.6. The molecule has 2 rings (SSSR count). The molecule has 1 aliphatic heterocycles. The summed E-state index contributed by atoms with van der Waals surface area (Å²) < 4.78 is 10.2. The number of furan rings is 1. The SMILES string of the molecule is COCCN1CC(C(=O)NCCCc2ccco2)CC1=O. The van der Waals surface area contributed by atoms with Gasteiger partial charge in [-0.15, -0.1) is 0 Å². The van der Waals surface area contributed by atoms with Gasteiger partial charge in [-0.25, -0.2) is 0 Å². The summed E-state index contributed by atoms with van der Waals surface area (Å²) in [6.07, 6.45) is 3.57. The molecular weight excluding hydrogens is 272 g/mol. The van der Waals surface area contributed by atoms with Crippen LogP contribution in [0.4, 0.5) is 0 Å². The third kappa shape index (κ3) is 4.60. The monoisotopic (exact) mass is 294 g/mol. The first-order valence-electron chi connectivity index (χ1n) is 7.27. The zero-order chi connectivity index (χ0) is 15.1. The van der Waals surface area contributed by atoms with Crippen molar-refractivity contribution in [1.29, 1.82) is 0 Å². The van der Waals surface area contributed by atoms with Crippen molar-refractivity contribution in [2.45, 2.75) is 19.3 Å². The van der Waals surface area contributed by atoms with Gasteiger partial charge in [-0.2, -0.15) is 0 Å². The summed E-state index contributed by atoms with van der Waals surface area (Å²) in [6.45, 7) is 2.15. The lowest BCUT2D eigenvalue weighted by molar-refractivity contribution is -0.129. The van der Waals surface area contributed by atoms with Gasteiger partial charge in [-0.05, 0) is 18.6 Å². The molecule has 0 aliphatic carbocycles. The van der Waals surface area contributed by atoms with E-state index in [0.29, 0.717) is 32.7 Å². The van der Waals surface area contributed by atoms with Gasteiger partial charge in [-0.3, -0.25) is 9.59 Å². The van der Waals surface area contributed by atoms with Crippen LogP contribution in [0.1, 0.15) is 18.6 Å². The van der Waals surface area contributed by atoms with Crippen LogP contribution in [0.15, 0.2) is 22.8 Å². The summed E-state index contributed by atoms with van der Waals surface area (Å²) >= 11 is 0. The molecule has 21 heavy (non-hydrogen) atoms. The van der Waals surface area contributed by atoms with E-state index < -0.39 is 0 Å². The summed E-state index contributed by atoms with van der Waals surface area (Å²) in [7, 11) is 1.60. The van der Waals surface area contributed by atoms with Crippen molar-refractivity contribution >= 4 is 11.8 Å². The Hall–Kier alpha value is -1.82. The van der Waals surface area contributed by atoms with E-state index in [1.54, 1.807) is 18.3 Å². The number of hydrogen-bond donors (Lipinski definition) is 1. The van der Waals surface area contributed by atoms with E-state index in [9.17, 15) is 9.59 Å². The molecule has 6 heteroatoms. The van der Waals surface area contributed by atoms with Crippen LogP contribution in [0.2, 0.25) is 0 Å². The summed E-state index contributed by atoms with van der Waals surface area (Å²) in [5.74, 6) is 0.675. The molecule has 1 aromatic heterocycles. The maximum absolute atomic E-state index is 12.0. The van der Waals surface area contributed by atoms with Crippen molar-refractivity contribution in [3.8, 4) is 0 Å². The summed E-state index contributed by atoms with van der Waals surface area (Å²) in [4.78, 5) is 25.5. The molecule has 1 atom stereocenters. The van der Waals surface area contributed by atoms with Crippen LogP contribution >= 0.6 is 0 Å². The molecule has 116 valence electrons. The second-order valence-corrected chi connectivity index (χ2v) is 5.21. The molecule has 2 amide bonds. The minimum Gasteiger partial charge on any atom is -0.469 e. The second kappa shape index (κ2) is 7.83. The fraction of sp³-hybridized carbons (Fsp3) is 0.600. The normalized spacial score (nSPS) is 18.2. The number of carbonyl (C=O) groups is 2. The molecule has 0 spiro atoms. The molecule has 0 aromatic carbocycles. The smallest absolute Gasteiger partial charge is 0.225 e. The zero-order valence-electron chi connectivity index (χ0n) is 12.3. The lowest BCUT2D eigenvalue weighted by Gasteiger charge is -2.15. The third-order valence-corrected chi connectivity index (χ3v) is 3.63. The Balaban J connectivity index is 1.65. The van der Waals surface area contributed by atoms with Crippen molar-refractivity contribution < 1.29 is 18.7 Å². The van der Waals surface area contributed by atoms with Crippen LogP contribution in [0.3, 0.4) is 0 Å². The molecule has 0 saturated carbocycles. The average molecular weight is 294 g/mol. The van der Waals surface area contributed by atoms with E-state index >= 15 is 0 Å². The van der Waals surface area contributed by atoms with Gasteiger partial charge in [0.05, 0.1) is 18.8 Å². The van der Waals surface area contributed by atoms with Crippen molar-refractivity contribution in [2.24, 2.45) is 5.92 Å². The van der Waals surface area contributed by atoms with Crippen LogP contribution in [0.5, 0.6) is 0 Å². The standard InChI is InChI=1S/C15H22N2O4/c1-20-9-7-17-11-12(10-14(17)18)15(19)16-6-2-4-13-5-3-8-21-13/h3,5,8,12H,2,4,6-7,9-11H2,1H3,(H,16,19). The number of nitrogens with one attached hydrogen (secondary N) is 1. The maximum atomic E-state index is 12.0. The number of ether oxygens (including phenoxy) is 1. The largest absolute Gasteiger partial charge is 0.469 e. The first-order chi connectivity index (χ1) is 10.2. The summed E-state index contributed by atoms with van der Waals surface area (Å²) in [5, 5.41) is 2.89. The number of rotatable bonds is 8. The van der Waals surface area contributed by atoms with Crippen LogP contribution < -0.4 is 5.32 Å². The van der Waals surface area contributed by atoms with Gasteiger partial charge < -0.3 is 19.4 Å². The van der Waals surface area contributed by atoms with Gasteiger partial charge in [0, 0.05) is 39.6 Å². The van der Waals surface area contributed by atoms with Gasteiger partial charge in [0.1, 0.15) is 5.76 Å². The molecule has 6 nitrogen and oxygen atoms in total. The minimum atomic E-state index is -0.238. The van der Waals surface area contributed by atoms with Crippen LogP contribution in [0, 0.1) is 5.92 Å². The molecular formula is C15H22N2O4. The van der Waals surface area contributed by atoms with Crippen LogP contribution in [-0.2, 0) is 20.7 Å². The van der Waals surface area contributed by atoms with Gasteiger partial charge in [0.15, 0.2) is 0 Å². The quantitative estimate of drug-likeness (QED) is 0.721. The van der Waals surface area contributed by atoms with Gasteiger partial charge in [0.25, 0.3) is 0 Å². The minimum absolute atomic E-state index is 0.0304. The highest BCUT2D eigenvalue weighted by Crippen LogP contribution is 2.17. The Kier molecular flexibility index (Phi) is 5.80. The predicted molar refractivity (Wildman–Crippen MR) is 76.6 cm³/mol. The molecule has 1 aromatic rings. The highest BCUT2D eigenvalue weighted by molar-refractivity contribution is 5.89. The Bertz CT molecular complexity index is 458. The van der Waals surface area contributed by atoms with E-state index in [-0.39, 0.29) is 17.7 Å². The van der Waals surface area contributed by atoms with Crippen molar-refractivity contribution in [2.75, 3.05) is 33.4 Å². The maximum Gasteiger partial charge on any atom is 0.225 e. The number of amides is 2. The Morgan fingerprint density at radius 3 is 3.14 bits per heavy atom. The number of hydrogen-bond acceptors (Lipinski definition) is 4. The van der Waals surface area contributed by atoms with Crippen molar-refractivity contribution in [3.05, 3.63) is 24.2 Å².